The van der Waals surface area contributed by atoms with Crippen molar-refractivity contribution in [2.45, 2.75) is 0 Å². The molecule has 9 heavy (non-hydrogen) atoms. The first kappa shape index (κ1) is 16.7. The molecular weight excluding hydrogens is 167 g/mol. The summed E-state index contributed by atoms with van der Waals surface area (Å²) in [6.07, 6.45) is 1.50. The Bertz CT molecular complexity index is 55.3. The summed E-state index contributed by atoms with van der Waals surface area (Å²) in [6, 6.07) is 0. The second-order valence-electron chi connectivity index (χ2n) is 0.889. The Labute approximate surface area is 97.8 Å². The summed E-state index contributed by atoms with van der Waals surface area (Å²) >= 11 is 0. The molecular formula is C3H9KO4Si. The van der Waals surface area contributed by atoms with Crippen LogP contribution < -0.4 is 51.4 Å². The number of rotatable bonds is 0. The van der Waals surface area contributed by atoms with Gasteiger partial charge in [-0.25, -0.2) is 19.6 Å². The first-order valence-corrected chi connectivity index (χ1v) is 3.50. The smallest absolute Gasteiger partial charge is 0.368 e. The fourth-order valence-corrected chi connectivity index (χ4v) is 0. The fraction of sp³-hybridized carbons (Fsp3) is 0. The van der Waals surface area contributed by atoms with Crippen LogP contribution in [-0.4, -0.2) is 28.2 Å². The predicted molar refractivity (Wildman–Crippen MR) is 30.2 cm³/mol. The zero-order valence-electron chi connectivity index (χ0n) is 5.28. The quantitative estimate of drug-likeness (QED) is 0.221. The minimum atomic E-state index is -4.61. The number of hydrogen-bond acceptors (Lipinski definition) is 4. The molecule has 0 rings (SSSR count). The van der Waals surface area contributed by atoms with Gasteiger partial charge < -0.3 is 19.2 Å². The average Bonchev–Trinajstić information content (AvgIpc) is 1.27. The third kappa shape index (κ3) is 292. The van der Waals surface area contributed by atoms with Gasteiger partial charge in [-0.2, -0.15) is 0 Å². The molecule has 0 aliphatic heterocycles. The normalized spacial score (nSPS) is 8.00. The van der Waals surface area contributed by atoms with E-state index in [9.17, 15) is 0 Å². The molecule has 0 fully saturated rings. The Morgan fingerprint density at radius 2 is 1.22 bits per heavy atom. The minimum Gasteiger partial charge on any atom is -0.368 e. The molecule has 0 radical (unpaired) electrons. The molecule has 0 heterocycles. The van der Waals surface area contributed by atoms with Crippen molar-refractivity contribution >= 4 is 9.05 Å². The predicted octanol–water partition coefficient (Wildman–Crippen LogP) is -4.60. The van der Waals surface area contributed by atoms with Crippen LogP contribution in [0.3, 0.4) is 0 Å². The van der Waals surface area contributed by atoms with Crippen molar-refractivity contribution in [1.82, 2.24) is 0 Å². The van der Waals surface area contributed by atoms with Gasteiger partial charge >= 0.3 is 60.4 Å². The Kier molecular flexibility index (Phi) is 17.3. The molecule has 0 aliphatic rings. The van der Waals surface area contributed by atoms with Crippen molar-refractivity contribution in [3.63, 3.8) is 0 Å². The maximum atomic E-state index is 7.33. The van der Waals surface area contributed by atoms with Gasteiger partial charge in [-0.05, 0) is 0 Å². The van der Waals surface area contributed by atoms with Crippen LogP contribution in [0.5, 0.6) is 0 Å². The number of hydrogen-bond donors (Lipinski definition) is 4. The monoisotopic (exact) mass is 176 g/mol. The molecule has 0 aromatic heterocycles. The van der Waals surface area contributed by atoms with Crippen molar-refractivity contribution in [1.29, 1.82) is 0 Å². The summed E-state index contributed by atoms with van der Waals surface area (Å²) in [6.45, 7) is 6.50. The zero-order valence-corrected chi connectivity index (χ0v) is 9.40. The molecule has 0 saturated carbocycles. The molecule has 50 valence electrons. The SMILES string of the molecule is C=C[CH2-].O[Si](O)(O)O.[K+]. The molecule has 6 heteroatoms. The molecule has 0 aliphatic carbocycles. The summed E-state index contributed by atoms with van der Waals surface area (Å²) < 4.78 is 0. The van der Waals surface area contributed by atoms with E-state index in [1.807, 2.05) is 0 Å². The van der Waals surface area contributed by atoms with Crippen LogP contribution in [0.2, 0.25) is 0 Å². The van der Waals surface area contributed by atoms with Gasteiger partial charge in [0.15, 0.2) is 0 Å². The molecule has 0 bridgehead atoms. The molecule has 0 saturated heterocycles. The largest absolute Gasteiger partial charge is 1.00 e. The summed E-state index contributed by atoms with van der Waals surface area (Å²) in [5, 5.41) is 0. The standard InChI is InChI=1S/C3H5.K.H4O4Si/c1-3-2;;1-5(2,3)4/h3H,1-2H2;;1-4H/q-1;+1;. The maximum Gasteiger partial charge on any atom is 1.00 e. The second kappa shape index (κ2) is 9.30. The van der Waals surface area contributed by atoms with Gasteiger partial charge in [-0.3, -0.25) is 0 Å². The Morgan fingerprint density at radius 1 is 1.22 bits per heavy atom. The average molecular weight is 176 g/mol. The fourth-order valence-electron chi connectivity index (χ4n) is 0. The summed E-state index contributed by atoms with van der Waals surface area (Å²) in [4.78, 5) is 29.3. The van der Waals surface area contributed by atoms with Gasteiger partial charge in [0, 0.05) is 0 Å². The summed E-state index contributed by atoms with van der Waals surface area (Å²) in [7, 11) is -4.61. The number of allylic oxidation sites excluding steroid dienone is 1. The van der Waals surface area contributed by atoms with E-state index in [-0.39, 0.29) is 51.4 Å². The van der Waals surface area contributed by atoms with Gasteiger partial charge in [0.25, 0.3) is 0 Å². The van der Waals surface area contributed by atoms with E-state index < -0.39 is 9.05 Å². The minimum absolute atomic E-state index is 0. The molecule has 0 aromatic rings. The van der Waals surface area contributed by atoms with E-state index in [2.05, 4.69) is 13.5 Å². The Balaban J connectivity index is -0.0000000800. The first-order chi connectivity index (χ1) is 3.41. The van der Waals surface area contributed by atoms with Crippen molar-refractivity contribution in [3.8, 4) is 0 Å². The van der Waals surface area contributed by atoms with E-state index >= 15 is 0 Å². The molecule has 0 spiro atoms. The van der Waals surface area contributed by atoms with Crippen LogP contribution in [0.4, 0.5) is 0 Å². The maximum absolute atomic E-state index is 7.33. The molecule has 4 N–H and O–H groups in total. The van der Waals surface area contributed by atoms with Gasteiger partial charge in [-0.15, -0.1) is 0 Å². The van der Waals surface area contributed by atoms with Crippen LogP contribution in [0, 0.1) is 6.92 Å². The van der Waals surface area contributed by atoms with Crippen LogP contribution in [0.1, 0.15) is 0 Å². The van der Waals surface area contributed by atoms with E-state index in [4.69, 9.17) is 19.2 Å². The third-order valence-corrected chi connectivity index (χ3v) is 0. The topological polar surface area (TPSA) is 80.9 Å². The van der Waals surface area contributed by atoms with Crippen molar-refractivity contribution in [2.75, 3.05) is 0 Å². The van der Waals surface area contributed by atoms with E-state index in [1.54, 1.807) is 0 Å². The second-order valence-corrected chi connectivity index (χ2v) is 2.09. The molecule has 0 aromatic carbocycles. The van der Waals surface area contributed by atoms with Gasteiger partial charge in [0.2, 0.25) is 0 Å². The molecule has 4 nitrogen and oxygen atoms in total. The summed E-state index contributed by atoms with van der Waals surface area (Å²) in [5.74, 6) is 0. The molecule has 0 atom stereocenters. The third-order valence-electron chi connectivity index (χ3n) is 0. The van der Waals surface area contributed by atoms with E-state index in [0.717, 1.165) is 0 Å². The first-order valence-electron chi connectivity index (χ1n) is 1.71. The zero-order chi connectivity index (χ0) is 7.21. The van der Waals surface area contributed by atoms with Gasteiger partial charge in [0.05, 0.1) is 0 Å². The Morgan fingerprint density at radius 3 is 1.22 bits per heavy atom. The van der Waals surface area contributed by atoms with Crippen molar-refractivity contribution in [3.05, 3.63) is 19.6 Å². The van der Waals surface area contributed by atoms with Crippen molar-refractivity contribution in [2.24, 2.45) is 0 Å². The Hall–Kier alpha value is 1.30. The van der Waals surface area contributed by atoms with Crippen molar-refractivity contribution < 1.29 is 70.6 Å². The van der Waals surface area contributed by atoms with Crippen LogP contribution >= 0.6 is 0 Å². The van der Waals surface area contributed by atoms with Gasteiger partial charge in [-0.1, -0.05) is 0 Å². The van der Waals surface area contributed by atoms with Crippen LogP contribution in [-0.2, 0) is 0 Å². The summed E-state index contributed by atoms with van der Waals surface area (Å²) in [5.41, 5.74) is 0. The van der Waals surface area contributed by atoms with E-state index in [0.29, 0.717) is 0 Å². The van der Waals surface area contributed by atoms with E-state index in [1.165, 1.54) is 6.08 Å². The molecule has 0 unspecified atom stereocenters. The van der Waals surface area contributed by atoms with Gasteiger partial charge in [0.1, 0.15) is 0 Å². The van der Waals surface area contributed by atoms with Crippen LogP contribution in [0.15, 0.2) is 12.7 Å². The molecule has 0 amide bonds. The van der Waals surface area contributed by atoms with Crippen LogP contribution in [0.25, 0.3) is 0 Å².